The lowest BCUT2D eigenvalue weighted by Gasteiger charge is -2.33. The van der Waals surface area contributed by atoms with Gasteiger partial charge in [-0.15, -0.1) is 0 Å². The van der Waals surface area contributed by atoms with Crippen molar-refractivity contribution in [3.63, 3.8) is 0 Å². The van der Waals surface area contributed by atoms with Crippen LogP contribution >= 0.6 is 0 Å². The zero-order valence-electron chi connectivity index (χ0n) is 18.5. The van der Waals surface area contributed by atoms with E-state index in [1.165, 1.54) is 89.2 Å². The van der Waals surface area contributed by atoms with Crippen molar-refractivity contribution in [1.29, 1.82) is 0 Å². The maximum atomic E-state index is 13.8. The van der Waals surface area contributed by atoms with E-state index in [4.69, 9.17) is 4.43 Å². The monoisotopic (exact) mass is 412 g/mol. The van der Waals surface area contributed by atoms with Gasteiger partial charge in [0.25, 0.3) is 8.32 Å². The molecule has 28 heavy (non-hydrogen) atoms. The lowest BCUT2D eigenvalue weighted by atomic mass is 10.2. The molecule has 1 aromatic rings. The van der Waals surface area contributed by atoms with Crippen LogP contribution in [0.3, 0.4) is 0 Å². The molecule has 0 atom stereocenters. The molecule has 0 aromatic heterocycles. The molecule has 0 heterocycles. The fourth-order valence-corrected chi connectivity index (χ4v) is 8.34. The Balaban J connectivity index is 2.92. The topological polar surface area (TPSA) is 9.23 Å². The SMILES string of the molecule is CCCCCC[Si](CCCCCC)(CCCCCC)Oc1cc(F)cc(F)c1. The van der Waals surface area contributed by atoms with Gasteiger partial charge in [0.2, 0.25) is 0 Å². The van der Waals surface area contributed by atoms with Crippen LogP contribution in [0.5, 0.6) is 5.75 Å². The van der Waals surface area contributed by atoms with Crippen LogP contribution in [0, 0.1) is 11.6 Å². The summed E-state index contributed by atoms with van der Waals surface area (Å²) in [4.78, 5) is 0. The van der Waals surface area contributed by atoms with Gasteiger partial charge in [0, 0.05) is 18.2 Å². The molecule has 0 N–H and O–H groups in total. The number of hydrogen-bond acceptors (Lipinski definition) is 1. The molecule has 0 bridgehead atoms. The molecule has 0 amide bonds. The zero-order valence-corrected chi connectivity index (χ0v) is 19.5. The number of hydrogen-bond donors (Lipinski definition) is 0. The summed E-state index contributed by atoms with van der Waals surface area (Å²) < 4.78 is 34.1. The molecule has 4 heteroatoms. The Hall–Kier alpha value is -0.903. The quantitative estimate of drug-likeness (QED) is 0.183. The molecule has 0 radical (unpaired) electrons. The van der Waals surface area contributed by atoms with E-state index in [-0.39, 0.29) is 0 Å². The highest BCUT2D eigenvalue weighted by atomic mass is 28.4. The van der Waals surface area contributed by atoms with Crippen LogP contribution in [-0.2, 0) is 0 Å². The molecular formula is C24H42F2OSi. The van der Waals surface area contributed by atoms with Gasteiger partial charge in [-0.1, -0.05) is 97.8 Å². The largest absolute Gasteiger partial charge is 0.543 e. The van der Waals surface area contributed by atoms with Crippen molar-refractivity contribution in [1.82, 2.24) is 0 Å². The molecule has 1 rings (SSSR count). The second kappa shape index (κ2) is 15.0. The van der Waals surface area contributed by atoms with Crippen molar-refractivity contribution in [3.8, 4) is 5.75 Å². The first-order chi connectivity index (χ1) is 13.5. The van der Waals surface area contributed by atoms with Gasteiger partial charge in [-0.3, -0.25) is 0 Å². The molecule has 0 aliphatic heterocycles. The minimum absolute atomic E-state index is 0.408. The van der Waals surface area contributed by atoms with E-state index >= 15 is 0 Å². The van der Waals surface area contributed by atoms with Gasteiger partial charge >= 0.3 is 0 Å². The molecule has 0 saturated carbocycles. The van der Waals surface area contributed by atoms with Gasteiger partial charge in [-0.2, -0.15) is 0 Å². The summed E-state index contributed by atoms with van der Waals surface area (Å²) in [6.07, 6.45) is 14.7. The van der Waals surface area contributed by atoms with Crippen molar-refractivity contribution in [2.45, 2.75) is 116 Å². The first-order valence-corrected chi connectivity index (χ1v) is 14.2. The van der Waals surface area contributed by atoms with Crippen LogP contribution in [0.4, 0.5) is 8.78 Å². The van der Waals surface area contributed by atoms with Gasteiger partial charge < -0.3 is 4.43 Å². The van der Waals surface area contributed by atoms with Gasteiger partial charge in [-0.05, 0) is 18.1 Å². The molecule has 162 valence electrons. The van der Waals surface area contributed by atoms with Crippen molar-refractivity contribution in [2.24, 2.45) is 0 Å². The highest BCUT2D eigenvalue weighted by molar-refractivity contribution is 6.74. The second-order valence-electron chi connectivity index (χ2n) is 8.32. The second-order valence-corrected chi connectivity index (χ2v) is 12.4. The van der Waals surface area contributed by atoms with Crippen LogP contribution in [0.25, 0.3) is 0 Å². The third kappa shape index (κ3) is 10.6. The van der Waals surface area contributed by atoms with Crippen molar-refractivity contribution in [3.05, 3.63) is 29.8 Å². The average Bonchev–Trinajstić information content (AvgIpc) is 2.65. The fraction of sp³-hybridized carbons (Fsp3) is 0.750. The molecule has 0 saturated heterocycles. The van der Waals surface area contributed by atoms with E-state index in [9.17, 15) is 8.78 Å². The number of benzene rings is 1. The predicted molar refractivity (Wildman–Crippen MR) is 120 cm³/mol. The zero-order chi connectivity index (χ0) is 20.7. The molecule has 0 aliphatic carbocycles. The summed E-state index contributed by atoms with van der Waals surface area (Å²) >= 11 is 0. The summed E-state index contributed by atoms with van der Waals surface area (Å²) in [6.45, 7) is 6.69. The van der Waals surface area contributed by atoms with Gasteiger partial charge in [0.1, 0.15) is 17.4 Å². The Bertz CT molecular complexity index is 470. The molecular weight excluding hydrogens is 370 g/mol. The first kappa shape index (κ1) is 25.1. The lowest BCUT2D eigenvalue weighted by Crippen LogP contribution is -2.41. The van der Waals surface area contributed by atoms with Gasteiger partial charge in [0.15, 0.2) is 0 Å². The van der Waals surface area contributed by atoms with Crippen molar-refractivity contribution >= 4 is 8.32 Å². The smallest absolute Gasteiger partial charge is 0.251 e. The van der Waals surface area contributed by atoms with E-state index in [1.54, 1.807) is 0 Å². The predicted octanol–water partition coefficient (Wildman–Crippen LogP) is 9.03. The lowest BCUT2D eigenvalue weighted by molar-refractivity contribution is 0.488. The van der Waals surface area contributed by atoms with Crippen molar-refractivity contribution < 1.29 is 13.2 Å². The molecule has 0 spiro atoms. The third-order valence-electron chi connectivity index (χ3n) is 5.63. The van der Waals surface area contributed by atoms with Crippen LogP contribution in [-0.4, -0.2) is 8.32 Å². The Kier molecular flexibility index (Phi) is 13.5. The summed E-state index contributed by atoms with van der Waals surface area (Å²) in [7, 11) is -2.07. The van der Waals surface area contributed by atoms with E-state index in [0.717, 1.165) is 24.2 Å². The Morgan fingerprint density at radius 1 is 0.607 bits per heavy atom. The van der Waals surface area contributed by atoms with Crippen LogP contribution < -0.4 is 4.43 Å². The highest BCUT2D eigenvalue weighted by Gasteiger charge is 2.35. The number of unbranched alkanes of at least 4 members (excludes halogenated alkanes) is 9. The van der Waals surface area contributed by atoms with Crippen molar-refractivity contribution in [2.75, 3.05) is 0 Å². The average molecular weight is 413 g/mol. The minimum Gasteiger partial charge on any atom is -0.543 e. The Morgan fingerprint density at radius 3 is 1.36 bits per heavy atom. The summed E-state index contributed by atoms with van der Waals surface area (Å²) in [5.41, 5.74) is 0. The molecule has 1 nitrogen and oxygen atoms in total. The maximum Gasteiger partial charge on any atom is 0.251 e. The molecule has 0 aliphatic rings. The van der Waals surface area contributed by atoms with Crippen LogP contribution in [0.15, 0.2) is 18.2 Å². The highest BCUT2D eigenvalue weighted by Crippen LogP contribution is 2.33. The van der Waals surface area contributed by atoms with E-state index in [2.05, 4.69) is 20.8 Å². The summed E-state index contributed by atoms with van der Waals surface area (Å²) in [6, 6.07) is 7.01. The Labute approximate surface area is 173 Å². The standard InChI is InChI=1S/C24H42F2OSi/c1-4-7-10-13-16-28(17-14-11-8-5-2,18-15-12-9-6-3)27-24-20-22(25)19-23(26)21-24/h19-21H,4-18H2,1-3H3. The molecule has 0 unspecified atom stereocenters. The van der Waals surface area contributed by atoms with Crippen LogP contribution in [0.2, 0.25) is 18.1 Å². The number of rotatable bonds is 17. The van der Waals surface area contributed by atoms with E-state index < -0.39 is 20.0 Å². The summed E-state index contributed by atoms with van der Waals surface area (Å²) in [5, 5.41) is 0. The third-order valence-corrected chi connectivity index (χ3v) is 10.1. The first-order valence-electron chi connectivity index (χ1n) is 11.7. The molecule has 0 fully saturated rings. The summed E-state index contributed by atoms with van der Waals surface area (Å²) in [5.74, 6) is -0.674. The van der Waals surface area contributed by atoms with Crippen LogP contribution in [0.1, 0.15) is 97.8 Å². The van der Waals surface area contributed by atoms with Gasteiger partial charge in [-0.25, -0.2) is 8.78 Å². The van der Waals surface area contributed by atoms with Gasteiger partial charge in [0.05, 0.1) is 0 Å². The van der Waals surface area contributed by atoms with E-state index in [0.29, 0.717) is 5.75 Å². The number of halogens is 2. The minimum atomic E-state index is -2.07. The van der Waals surface area contributed by atoms with E-state index in [1.807, 2.05) is 0 Å². The normalized spacial score (nSPS) is 11.8. The maximum absolute atomic E-state index is 13.8. The Morgan fingerprint density at radius 2 is 1.00 bits per heavy atom. The molecule has 1 aromatic carbocycles. The fourth-order valence-electron chi connectivity index (χ4n) is 3.99.